The number of amides is 2. The summed E-state index contributed by atoms with van der Waals surface area (Å²) >= 11 is 0. The zero-order valence-corrected chi connectivity index (χ0v) is 9.38. The first-order chi connectivity index (χ1) is 8.24. The maximum atomic E-state index is 11.4. The summed E-state index contributed by atoms with van der Waals surface area (Å²) in [6, 6.07) is 3.15. The quantitative estimate of drug-likeness (QED) is 0.827. The van der Waals surface area contributed by atoms with Gasteiger partial charge in [-0.15, -0.1) is 0 Å². The molecule has 2 aromatic heterocycles. The van der Waals surface area contributed by atoms with Crippen molar-refractivity contribution in [2.45, 2.75) is 13.5 Å². The van der Waals surface area contributed by atoms with E-state index in [2.05, 4.69) is 20.9 Å². The third-order valence-corrected chi connectivity index (χ3v) is 2.05. The lowest BCUT2D eigenvalue weighted by Crippen LogP contribution is -2.31. The SMILES string of the molecule is Cc1cc(NC(=O)NCCn2cccn2)on1. The summed E-state index contributed by atoms with van der Waals surface area (Å²) in [5, 5.41) is 12.9. The summed E-state index contributed by atoms with van der Waals surface area (Å²) in [7, 11) is 0. The van der Waals surface area contributed by atoms with Crippen LogP contribution < -0.4 is 10.6 Å². The first kappa shape index (κ1) is 11.2. The number of carbonyl (C=O) groups excluding carboxylic acids is 1. The van der Waals surface area contributed by atoms with E-state index in [1.165, 1.54) is 0 Å². The lowest BCUT2D eigenvalue weighted by atomic mass is 10.5. The lowest BCUT2D eigenvalue weighted by Gasteiger charge is -2.04. The molecule has 0 aliphatic carbocycles. The smallest absolute Gasteiger partial charge is 0.321 e. The van der Waals surface area contributed by atoms with E-state index in [0.717, 1.165) is 5.69 Å². The fourth-order valence-electron chi connectivity index (χ4n) is 1.30. The van der Waals surface area contributed by atoms with Crippen molar-refractivity contribution < 1.29 is 9.32 Å². The maximum absolute atomic E-state index is 11.4. The van der Waals surface area contributed by atoms with E-state index in [1.54, 1.807) is 23.9 Å². The van der Waals surface area contributed by atoms with Crippen LogP contribution in [0.2, 0.25) is 0 Å². The predicted molar refractivity (Wildman–Crippen MR) is 60.5 cm³/mol. The Bertz CT molecular complexity index is 477. The summed E-state index contributed by atoms with van der Waals surface area (Å²) in [6.07, 6.45) is 3.52. The zero-order valence-electron chi connectivity index (χ0n) is 9.38. The van der Waals surface area contributed by atoms with Crippen molar-refractivity contribution in [1.82, 2.24) is 20.3 Å². The van der Waals surface area contributed by atoms with Crippen molar-refractivity contribution in [2.24, 2.45) is 0 Å². The first-order valence-corrected chi connectivity index (χ1v) is 5.19. The van der Waals surface area contributed by atoms with Gasteiger partial charge in [-0.3, -0.25) is 10.00 Å². The molecule has 0 fully saturated rings. The Labute approximate surface area is 97.8 Å². The van der Waals surface area contributed by atoms with E-state index < -0.39 is 0 Å². The minimum atomic E-state index is -0.326. The Balaban J connectivity index is 1.71. The summed E-state index contributed by atoms with van der Waals surface area (Å²) in [6.45, 7) is 2.89. The van der Waals surface area contributed by atoms with Gasteiger partial charge in [-0.05, 0) is 13.0 Å². The number of urea groups is 1. The molecule has 2 N–H and O–H groups in total. The number of rotatable bonds is 4. The highest BCUT2D eigenvalue weighted by atomic mass is 16.5. The standard InChI is InChI=1S/C10H13N5O2/c1-8-7-9(17-14-8)13-10(16)11-4-6-15-5-2-3-12-15/h2-3,5,7H,4,6H2,1H3,(H2,11,13,16). The fourth-order valence-corrected chi connectivity index (χ4v) is 1.30. The second kappa shape index (κ2) is 5.15. The van der Waals surface area contributed by atoms with Crippen LogP contribution in [0.25, 0.3) is 0 Å². The highest BCUT2D eigenvalue weighted by molar-refractivity contribution is 5.87. The van der Waals surface area contributed by atoms with Crippen molar-refractivity contribution in [2.75, 3.05) is 11.9 Å². The minimum Gasteiger partial charge on any atom is -0.338 e. The molecule has 0 atom stereocenters. The molecule has 0 unspecified atom stereocenters. The van der Waals surface area contributed by atoms with Crippen LogP contribution >= 0.6 is 0 Å². The Morgan fingerprint density at radius 1 is 1.59 bits per heavy atom. The Kier molecular flexibility index (Phi) is 3.39. The van der Waals surface area contributed by atoms with Crippen molar-refractivity contribution in [3.8, 4) is 0 Å². The minimum absolute atomic E-state index is 0.326. The van der Waals surface area contributed by atoms with Crippen molar-refractivity contribution in [3.63, 3.8) is 0 Å². The number of nitrogens with zero attached hydrogens (tertiary/aromatic N) is 3. The zero-order chi connectivity index (χ0) is 12.1. The van der Waals surface area contributed by atoms with Gasteiger partial charge >= 0.3 is 6.03 Å². The molecule has 0 saturated carbocycles. The molecule has 7 nitrogen and oxygen atoms in total. The number of hydrogen-bond acceptors (Lipinski definition) is 4. The summed E-state index contributed by atoms with van der Waals surface area (Å²) < 4.78 is 6.58. The number of hydrogen-bond donors (Lipinski definition) is 2. The van der Waals surface area contributed by atoms with Gasteiger partial charge in [0.15, 0.2) is 0 Å². The van der Waals surface area contributed by atoms with E-state index in [9.17, 15) is 4.79 Å². The van der Waals surface area contributed by atoms with Crippen LogP contribution in [0.5, 0.6) is 0 Å². The van der Waals surface area contributed by atoms with Crippen LogP contribution in [0.3, 0.4) is 0 Å². The Hall–Kier alpha value is -2.31. The molecular weight excluding hydrogens is 222 g/mol. The van der Waals surface area contributed by atoms with Crippen LogP contribution in [-0.4, -0.2) is 27.5 Å². The van der Waals surface area contributed by atoms with Crippen molar-refractivity contribution in [3.05, 3.63) is 30.2 Å². The molecule has 0 saturated heterocycles. The summed E-state index contributed by atoms with van der Waals surface area (Å²) in [4.78, 5) is 11.4. The third kappa shape index (κ3) is 3.33. The Morgan fingerprint density at radius 3 is 3.12 bits per heavy atom. The van der Waals surface area contributed by atoms with Gasteiger partial charge in [0.25, 0.3) is 0 Å². The third-order valence-electron chi connectivity index (χ3n) is 2.05. The van der Waals surface area contributed by atoms with Gasteiger partial charge in [0.05, 0.1) is 12.2 Å². The van der Waals surface area contributed by atoms with Gasteiger partial charge in [-0.1, -0.05) is 5.16 Å². The summed E-state index contributed by atoms with van der Waals surface area (Å²) in [5.74, 6) is 0.332. The van der Waals surface area contributed by atoms with Crippen molar-refractivity contribution in [1.29, 1.82) is 0 Å². The average Bonchev–Trinajstić information content (AvgIpc) is 2.90. The van der Waals surface area contributed by atoms with Crippen LogP contribution in [0.15, 0.2) is 29.0 Å². The molecule has 2 amide bonds. The molecular formula is C10H13N5O2. The van der Waals surface area contributed by atoms with Gasteiger partial charge in [-0.2, -0.15) is 5.10 Å². The van der Waals surface area contributed by atoms with Crippen LogP contribution in [-0.2, 0) is 6.54 Å². The molecule has 2 heterocycles. The average molecular weight is 235 g/mol. The van der Waals surface area contributed by atoms with Gasteiger partial charge in [0, 0.05) is 25.0 Å². The van der Waals surface area contributed by atoms with E-state index in [1.807, 2.05) is 12.3 Å². The molecule has 0 bridgehead atoms. The van der Waals surface area contributed by atoms with Crippen LogP contribution in [0.4, 0.5) is 10.7 Å². The molecule has 2 aromatic rings. The number of anilines is 1. The van der Waals surface area contributed by atoms with Crippen molar-refractivity contribution >= 4 is 11.9 Å². The number of carbonyl (C=O) groups is 1. The molecule has 0 aromatic carbocycles. The number of nitrogens with one attached hydrogen (secondary N) is 2. The monoisotopic (exact) mass is 235 g/mol. The number of aryl methyl sites for hydroxylation is 1. The molecule has 0 radical (unpaired) electrons. The molecule has 0 aliphatic heterocycles. The molecule has 0 aliphatic rings. The largest absolute Gasteiger partial charge is 0.338 e. The van der Waals surface area contributed by atoms with E-state index in [4.69, 9.17) is 4.52 Å². The maximum Gasteiger partial charge on any atom is 0.321 e. The van der Waals surface area contributed by atoms with Gasteiger partial charge < -0.3 is 9.84 Å². The van der Waals surface area contributed by atoms with E-state index in [-0.39, 0.29) is 6.03 Å². The molecule has 90 valence electrons. The highest BCUT2D eigenvalue weighted by Gasteiger charge is 2.05. The second-order valence-corrected chi connectivity index (χ2v) is 3.48. The number of aromatic nitrogens is 3. The summed E-state index contributed by atoms with van der Waals surface area (Å²) in [5.41, 5.74) is 0.719. The lowest BCUT2D eigenvalue weighted by molar-refractivity contribution is 0.250. The van der Waals surface area contributed by atoms with Crippen LogP contribution in [0, 0.1) is 6.92 Å². The molecule has 7 heteroatoms. The molecule has 17 heavy (non-hydrogen) atoms. The molecule has 2 rings (SSSR count). The van der Waals surface area contributed by atoms with E-state index >= 15 is 0 Å². The fraction of sp³-hybridized carbons (Fsp3) is 0.300. The molecule has 0 spiro atoms. The second-order valence-electron chi connectivity index (χ2n) is 3.48. The van der Waals surface area contributed by atoms with E-state index in [0.29, 0.717) is 19.0 Å². The normalized spacial score (nSPS) is 10.2. The topological polar surface area (TPSA) is 85.0 Å². The highest BCUT2D eigenvalue weighted by Crippen LogP contribution is 2.07. The predicted octanol–water partition coefficient (Wildman–Crippen LogP) is 1.00. The van der Waals surface area contributed by atoms with Gasteiger partial charge in [0.2, 0.25) is 5.88 Å². The first-order valence-electron chi connectivity index (χ1n) is 5.19. The van der Waals surface area contributed by atoms with Gasteiger partial charge in [0.1, 0.15) is 0 Å². The van der Waals surface area contributed by atoms with Gasteiger partial charge in [-0.25, -0.2) is 4.79 Å². The van der Waals surface area contributed by atoms with Crippen LogP contribution in [0.1, 0.15) is 5.69 Å². The Morgan fingerprint density at radius 2 is 2.47 bits per heavy atom.